The number of aliphatic carboxylic acids is 1. The average molecular weight is 560 g/mol. The molecular weight excluding hydrogens is 534 g/mol. The highest BCUT2D eigenvalue weighted by Crippen LogP contribution is 2.25. The summed E-state index contributed by atoms with van der Waals surface area (Å²) in [4.78, 5) is 49.0. The largest absolute Gasteiger partial charge is 0.478 e. The Labute approximate surface area is 214 Å². The van der Waals surface area contributed by atoms with Gasteiger partial charge >= 0.3 is 16.3 Å². The minimum Gasteiger partial charge on any atom is -0.478 e. The predicted octanol–water partition coefficient (Wildman–Crippen LogP) is -1.84. The second-order valence-electron chi connectivity index (χ2n) is 8.68. The van der Waals surface area contributed by atoms with Crippen molar-refractivity contribution < 1.29 is 37.3 Å². The molecule has 0 spiro atoms. The Hall–Kier alpha value is -3.68. The Kier molecular flexibility index (Phi) is 7.81. The van der Waals surface area contributed by atoms with Gasteiger partial charge in [-0.2, -0.15) is 23.4 Å². The molecule has 2 atom stereocenters. The van der Waals surface area contributed by atoms with E-state index in [0.717, 1.165) is 16.1 Å². The number of carbonyl (C=O) groups excluding carboxylic acids is 2. The molecule has 1 aliphatic heterocycles. The summed E-state index contributed by atoms with van der Waals surface area (Å²) in [6.45, 7) is 2.54. The van der Waals surface area contributed by atoms with Gasteiger partial charge < -0.3 is 25.9 Å². The van der Waals surface area contributed by atoms with Crippen LogP contribution < -0.4 is 11.1 Å². The van der Waals surface area contributed by atoms with Crippen LogP contribution in [0.2, 0.25) is 0 Å². The fourth-order valence-corrected chi connectivity index (χ4v) is 4.55. The van der Waals surface area contributed by atoms with Crippen molar-refractivity contribution >= 4 is 50.3 Å². The molecule has 2 aromatic rings. The standard InChI is InChI=1S/C18H25N9O8S2/c1-18(2,16(30)31)35-24-12(10-8-36-17(19)21-10)14(28)22-13-11(27(15(13)29)37(32,33)34)7-26-20-5-9(23-26)6-25(3)4/h5,8,11,13H,6-7H2,1-4H3,(H2,19,21)(H,22,28)(H,30,31)(H,32,33,34)/t11-,13+/m1/s1. The molecule has 1 saturated heterocycles. The van der Waals surface area contributed by atoms with Crippen LogP contribution in [0.25, 0.3) is 0 Å². The fraction of sp³-hybridized carbons (Fsp3) is 0.500. The topological polar surface area (TPSA) is 236 Å². The van der Waals surface area contributed by atoms with Gasteiger partial charge in [-0.1, -0.05) is 5.16 Å². The van der Waals surface area contributed by atoms with Gasteiger partial charge in [0.2, 0.25) is 5.60 Å². The molecule has 2 aromatic heterocycles. The maximum atomic E-state index is 13.1. The number of anilines is 1. The van der Waals surface area contributed by atoms with Crippen molar-refractivity contribution in [3.63, 3.8) is 0 Å². The number of carbonyl (C=O) groups is 3. The van der Waals surface area contributed by atoms with Crippen LogP contribution in [0.1, 0.15) is 25.2 Å². The van der Waals surface area contributed by atoms with E-state index >= 15 is 0 Å². The van der Waals surface area contributed by atoms with Crippen molar-refractivity contribution in [1.82, 2.24) is 34.5 Å². The van der Waals surface area contributed by atoms with E-state index in [2.05, 4.69) is 25.7 Å². The molecule has 0 bridgehead atoms. The second kappa shape index (κ2) is 10.4. The van der Waals surface area contributed by atoms with E-state index in [0.29, 0.717) is 12.2 Å². The summed E-state index contributed by atoms with van der Waals surface area (Å²) in [5.74, 6) is -3.52. The summed E-state index contributed by atoms with van der Waals surface area (Å²) in [6.07, 6.45) is 1.45. The summed E-state index contributed by atoms with van der Waals surface area (Å²) >= 11 is 0.965. The number of oxime groups is 1. The number of nitrogens with one attached hydrogen (secondary N) is 1. The first-order valence-electron chi connectivity index (χ1n) is 10.5. The first kappa shape index (κ1) is 27.9. The number of aromatic nitrogens is 4. The Balaban J connectivity index is 1.87. The lowest BCUT2D eigenvalue weighted by Gasteiger charge is -2.43. The minimum absolute atomic E-state index is 0.0708. The lowest BCUT2D eigenvalue weighted by molar-refractivity contribution is -0.161. The van der Waals surface area contributed by atoms with E-state index < -0.39 is 51.5 Å². The highest BCUT2D eigenvalue weighted by Gasteiger charge is 2.54. The SMILES string of the molecule is CN(C)Cc1cnn(C[C@@H]2[C@H](NC(=O)C(=NOC(C)(C)C(=O)O)c3csc(N)n3)C(=O)N2S(=O)(=O)O)n1. The van der Waals surface area contributed by atoms with E-state index in [1.54, 1.807) is 0 Å². The number of carboxylic acids is 1. The lowest BCUT2D eigenvalue weighted by atomic mass is 9.98. The molecule has 19 heteroatoms. The van der Waals surface area contributed by atoms with Crippen LogP contribution in [0.3, 0.4) is 0 Å². The van der Waals surface area contributed by atoms with Gasteiger partial charge in [0, 0.05) is 11.9 Å². The number of β-lactam (4-membered cyclic amide) rings is 1. The molecule has 0 radical (unpaired) electrons. The third-order valence-corrected chi connectivity index (χ3v) is 6.60. The Morgan fingerprint density at radius 2 is 2.05 bits per heavy atom. The number of hydrogen-bond donors (Lipinski definition) is 4. The number of hydrogen-bond acceptors (Lipinski definition) is 13. The first-order valence-corrected chi connectivity index (χ1v) is 12.7. The molecule has 202 valence electrons. The molecule has 0 aromatic carbocycles. The lowest BCUT2D eigenvalue weighted by Crippen LogP contribution is -2.73. The van der Waals surface area contributed by atoms with Crippen molar-refractivity contribution in [3.8, 4) is 0 Å². The van der Waals surface area contributed by atoms with E-state index in [1.807, 2.05) is 19.0 Å². The molecule has 0 unspecified atom stereocenters. The van der Waals surface area contributed by atoms with E-state index in [1.165, 1.54) is 25.4 Å². The molecule has 37 heavy (non-hydrogen) atoms. The van der Waals surface area contributed by atoms with Gasteiger partial charge in [0.15, 0.2) is 10.8 Å². The van der Waals surface area contributed by atoms with Crippen LogP contribution in [0.15, 0.2) is 16.7 Å². The van der Waals surface area contributed by atoms with Crippen molar-refractivity contribution in [2.24, 2.45) is 5.16 Å². The molecule has 5 N–H and O–H groups in total. The number of nitrogens with two attached hydrogens (primary N) is 1. The molecule has 3 heterocycles. The normalized spacial score (nSPS) is 18.6. The van der Waals surface area contributed by atoms with Crippen LogP contribution in [0.5, 0.6) is 0 Å². The number of rotatable bonds is 11. The predicted molar refractivity (Wildman–Crippen MR) is 127 cm³/mol. The third-order valence-electron chi connectivity index (χ3n) is 4.98. The number of carboxylic acid groups (broad SMARTS) is 1. The molecular formula is C18H25N9O8S2. The van der Waals surface area contributed by atoms with Gasteiger partial charge in [-0.05, 0) is 27.9 Å². The molecule has 1 aliphatic rings. The second-order valence-corrected chi connectivity index (χ2v) is 10.9. The molecule has 0 aliphatic carbocycles. The van der Waals surface area contributed by atoms with Gasteiger partial charge in [-0.3, -0.25) is 14.1 Å². The summed E-state index contributed by atoms with van der Waals surface area (Å²) in [5, 5.41) is 24.9. The van der Waals surface area contributed by atoms with Gasteiger partial charge in [0.05, 0.1) is 18.4 Å². The zero-order valence-corrected chi connectivity index (χ0v) is 21.7. The summed E-state index contributed by atoms with van der Waals surface area (Å²) in [6, 6.07) is -2.73. The Morgan fingerprint density at radius 1 is 1.38 bits per heavy atom. The van der Waals surface area contributed by atoms with Gasteiger partial charge in [-0.15, -0.1) is 11.3 Å². The minimum atomic E-state index is -4.97. The zero-order valence-electron chi connectivity index (χ0n) is 20.1. The van der Waals surface area contributed by atoms with Gasteiger partial charge in [0.1, 0.15) is 17.8 Å². The van der Waals surface area contributed by atoms with E-state index in [4.69, 9.17) is 10.6 Å². The summed E-state index contributed by atoms with van der Waals surface area (Å²) < 4.78 is 33.4. The van der Waals surface area contributed by atoms with Crippen LogP contribution >= 0.6 is 11.3 Å². The maximum Gasteiger partial charge on any atom is 0.362 e. The van der Waals surface area contributed by atoms with Crippen LogP contribution in [-0.4, -0.2) is 103 Å². The zero-order chi connectivity index (χ0) is 27.7. The number of nitrogens with zero attached hydrogens (tertiary/aromatic N) is 7. The van der Waals surface area contributed by atoms with Crippen LogP contribution in [0.4, 0.5) is 5.13 Å². The van der Waals surface area contributed by atoms with Crippen molar-refractivity contribution in [3.05, 3.63) is 23.0 Å². The van der Waals surface area contributed by atoms with Crippen LogP contribution in [-0.2, 0) is 42.6 Å². The number of nitrogen functional groups attached to an aromatic ring is 1. The van der Waals surface area contributed by atoms with Crippen molar-refractivity contribution in [1.29, 1.82) is 0 Å². The highest BCUT2D eigenvalue weighted by molar-refractivity contribution is 7.84. The molecule has 1 fully saturated rings. The van der Waals surface area contributed by atoms with E-state index in [-0.39, 0.29) is 21.7 Å². The van der Waals surface area contributed by atoms with Crippen LogP contribution in [0, 0.1) is 0 Å². The van der Waals surface area contributed by atoms with E-state index in [9.17, 15) is 32.5 Å². The highest BCUT2D eigenvalue weighted by atomic mass is 32.2. The third kappa shape index (κ3) is 6.37. The maximum absolute atomic E-state index is 13.1. The first-order chi connectivity index (χ1) is 17.1. The smallest absolute Gasteiger partial charge is 0.362 e. The van der Waals surface area contributed by atoms with Crippen molar-refractivity contribution in [2.75, 3.05) is 19.8 Å². The average Bonchev–Trinajstić information content (AvgIpc) is 3.39. The quantitative estimate of drug-likeness (QED) is 0.103. The fourth-order valence-electron chi connectivity index (χ4n) is 3.13. The molecule has 0 saturated carbocycles. The summed E-state index contributed by atoms with van der Waals surface area (Å²) in [5.41, 5.74) is 3.78. The Bertz CT molecular complexity index is 1330. The number of thiazole rings is 1. The monoisotopic (exact) mass is 559 g/mol. The number of amides is 2. The van der Waals surface area contributed by atoms with Crippen molar-refractivity contribution in [2.45, 2.75) is 44.6 Å². The molecule has 3 rings (SSSR count). The molecule has 17 nitrogen and oxygen atoms in total. The van der Waals surface area contributed by atoms with Gasteiger partial charge in [0.25, 0.3) is 11.8 Å². The molecule has 2 amide bonds. The summed E-state index contributed by atoms with van der Waals surface area (Å²) in [7, 11) is -1.34. The Morgan fingerprint density at radius 3 is 2.59 bits per heavy atom. The van der Waals surface area contributed by atoms with Gasteiger partial charge in [-0.25, -0.2) is 14.1 Å².